The lowest BCUT2D eigenvalue weighted by Crippen LogP contribution is -2.24. The molecule has 3 rings (SSSR count). The number of nitrogens with zero attached hydrogens (tertiary/aromatic N) is 2. The number of oxazole rings is 1. The summed E-state index contributed by atoms with van der Waals surface area (Å²) in [4.78, 5) is 6.78. The second kappa shape index (κ2) is 4.52. The van der Waals surface area contributed by atoms with E-state index in [1.807, 2.05) is 18.2 Å². The molecule has 0 amide bonds. The third-order valence-corrected chi connectivity index (χ3v) is 3.73. The zero-order valence-corrected chi connectivity index (χ0v) is 10.7. The van der Waals surface area contributed by atoms with Crippen LogP contribution in [0.2, 0.25) is 0 Å². The lowest BCUT2D eigenvalue weighted by Gasteiger charge is -2.17. The molecule has 0 radical (unpaired) electrons. The highest BCUT2D eigenvalue weighted by atomic mass is 16.4. The lowest BCUT2D eigenvalue weighted by atomic mass is 10.0. The molecule has 0 aliphatic carbocycles. The van der Waals surface area contributed by atoms with Crippen LogP contribution in [0.5, 0.6) is 0 Å². The summed E-state index contributed by atoms with van der Waals surface area (Å²) in [5.41, 5.74) is 8.16. The van der Waals surface area contributed by atoms with E-state index >= 15 is 0 Å². The van der Waals surface area contributed by atoms with Gasteiger partial charge in [-0.05, 0) is 37.3 Å². The van der Waals surface area contributed by atoms with E-state index in [-0.39, 0.29) is 0 Å². The minimum atomic E-state index is 0.686. The summed E-state index contributed by atoms with van der Waals surface area (Å²) in [6.07, 6.45) is 3.70. The van der Waals surface area contributed by atoms with Crippen LogP contribution in [-0.4, -0.2) is 18.1 Å². The van der Waals surface area contributed by atoms with Crippen LogP contribution in [-0.2, 0) is 0 Å². The zero-order valence-electron chi connectivity index (χ0n) is 10.7. The fourth-order valence-corrected chi connectivity index (χ4v) is 2.55. The van der Waals surface area contributed by atoms with Gasteiger partial charge in [0.1, 0.15) is 5.52 Å². The topological polar surface area (TPSA) is 55.3 Å². The first-order valence-electron chi connectivity index (χ1n) is 6.64. The van der Waals surface area contributed by atoms with Gasteiger partial charge in [-0.2, -0.15) is 4.98 Å². The minimum absolute atomic E-state index is 0.686. The van der Waals surface area contributed by atoms with Crippen molar-refractivity contribution in [3.8, 4) is 0 Å². The Kier molecular flexibility index (Phi) is 2.86. The highest BCUT2D eigenvalue weighted by molar-refractivity contribution is 5.86. The predicted octanol–water partition coefficient (Wildman–Crippen LogP) is 3.04. The van der Waals surface area contributed by atoms with Crippen LogP contribution in [0.15, 0.2) is 22.6 Å². The molecule has 2 aromatic rings. The maximum absolute atomic E-state index is 5.91. The van der Waals surface area contributed by atoms with Crippen molar-refractivity contribution in [2.75, 3.05) is 23.7 Å². The van der Waals surface area contributed by atoms with Crippen LogP contribution in [0.1, 0.15) is 26.2 Å². The van der Waals surface area contributed by atoms with E-state index < -0.39 is 0 Å². The van der Waals surface area contributed by atoms with Gasteiger partial charge in [0.05, 0.1) is 5.69 Å². The molecule has 0 bridgehead atoms. The summed E-state index contributed by atoms with van der Waals surface area (Å²) in [5, 5.41) is 0. The van der Waals surface area contributed by atoms with Crippen molar-refractivity contribution in [2.24, 2.45) is 5.92 Å². The second-order valence-electron chi connectivity index (χ2n) is 5.21. The SMILES string of the molecule is CC1CCCN(c2nc3c(N)cccc3o2)CC1. The molecule has 18 heavy (non-hydrogen) atoms. The number of aromatic nitrogens is 1. The largest absolute Gasteiger partial charge is 0.423 e. The third-order valence-electron chi connectivity index (χ3n) is 3.73. The highest BCUT2D eigenvalue weighted by Crippen LogP contribution is 2.28. The smallest absolute Gasteiger partial charge is 0.298 e. The van der Waals surface area contributed by atoms with E-state index in [0.29, 0.717) is 5.69 Å². The fraction of sp³-hybridized carbons (Fsp3) is 0.500. The Balaban J connectivity index is 1.91. The van der Waals surface area contributed by atoms with E-state index in [2.05, 4.69) is 16.8 Å². The first kappa shape index (κ1) is 11.4. The molecule has 2 heterocycles. The van der Waals surface area contributed by atoms with E-state index in [1.54, 1.807) is 0 Å². The van der Waals surface area contributed by atoms with Crippen LogP contribution in [0, 0.1) is 5.92 Å². The number of benzene rings is 1. The van der Waals surface area contributed by atoms with Crippen molar-refractivity contribution in [1.29, 1.82) is 0 Å². The molecule has 4 nitrogen and oxygen atoms in total. The Morgan fingerprint density at radius 1 is 1.33 bits per heavy atom. The van der Waals surface area contributed by atoms with Gasteiger partial charge in [0.25, 0.3) is 6.01 Å². The monoisotopic (exact) mass is 245 g/mol. The number of rotatable bonds is 1. The maximum Gasteiger partial charge on any atom is 0.298 e. The third kappa shape index (κ3) is 2.03. The van der Waals surface area contributed by atoms with Gasteiger partial charge in [-0.15, -0.1) is 0 Å². The molecule has 1 unspecified atom stereocenters. The molecule has 1 fully saturated rings. The summed E-state index contributed by atoms with van der Waals surface area (Å²) < 4.78 is 5.81. The van der Waals surface area contributed by atoms with Crippen LogP contribution in [0.3, 0.4) is 0 Å². The lowest BCUT2D eigenvalue weighted by molar-refractivity contribution is 0.518. The summed E-state index contributed by atoms with van der Waals surface area (Å²) in [5.74, 6) is 0.796. The molecule has 1 aliphatic rings. The van der Waals surface area contributed by atoms with E-state index in [9.17, 15) is 0 Å². The molecular formula is C14H19N3O. The average Bonchev–Trinajstić information content (AvgIpc) is 2.67. The Bertz CT molecular complexity index is 549. The fourth-order valence-electron chi connectivity index (χ4n) is 2.55. The first-order chi connectivity index (χ1) is 8.74. The van der Waals surface area contributed by atoms with Crippen LogP contribution >= 0.6 is 0 Å². The second-order valence-corrected chi connectivity index (χ2v) is 5.21. The van der Waals surface area contributed by atoms with Gasteiger partial charge in [-0.3, -0.25) is 0 Å². The Hall–Kier alpha value is -1.71. The molecule has 1 aromatic heterocycles. The van der Waals surface area contributed by atoms with E-state index in [1.165, 1.54) is 19.3 Å². The van der Waals surface area contributed by atoms with Gasteiger partial charge in [0.2, 0.25) is 0 Å². The number of hydrogen-bond acceptors (Lipinski definition) is 4. The summed E-state index contributed by atoms with van der Waals surface area (Å²) in [6.45, 7) is 4.36. The molecule has 96 valence electrons. The number of nitrogens with two attached hydrogens (primary N) is 1. The standard InChI is InChI=1S/C14H19N3O/c1-10-4-3-8-17(9-7-10)14-16-13-11(15)5-2-6-12(13)18-14/h2,5-6,10H,3-4,7-9,15H2,1H3. The quantitative estimate of drug-likeness (QED) is 0.785. The van der Waals surface area contributed by atoms with Crippen molar-refractivity contribution in [2.45, 2.75) is 26.2 Å². The Morgan fingerprint density at radius 3 is 3.06 bits per heavy atom. The maximum atomic E-state index is 5.91. The number of para-hydroxylation sites is 1. The van der Waals surface area contributed by atoms with Crippen molar-refractivity contribution in [3.05, 3.63) is 18.2 Å². The molecule has 0 saturated carbocycles. The molecule has 2 N–H and O–H groups in total. The molecule has 4 heteroatoms. The van der Waals surface area contributed by atoms with Gasteiger partial charge in [0.15, 0.2) is 5.58 Å². The predicted molar refractivity (Wildman–Crippen MR) is 73.6 cm³/mol. The minimum Gasteiger partial charge on any atom is -0.423 e. The molecule has 1 aliphatic heterocycles. The summed E-state index contributed by atoms with van der Waals surface area (Å²) in [7, 11) is 0. The number of anilines is 2. The number of hydrogen-bond donors (Lipinski definition) is 1. The van der Waals surface area contributed by atoms with E-state index in [4.69, 9.17) is 10.2 Å². The highest BCUT2D eigenvalue weighted by Gasteiger charge is 2.19. The van der Waals surface area contributed by atoms with Crippen molar-refractivity contribution < 1.29 is 4.42 Å². The molecule has 1 aromatic carbocycles. The van der Waals surface area contributed by atoms with Crippen molar-refractivity contribution in [1.82, 2.24) is 4.98 Å². The van der Waals surface area contributed by atoms with Crippen LogP contribution in [0.25, 0.3) is 11.1 Å². The van der Waals surface area contributed by atoms with Crippen molar-refractivity contribution in [3.63, 3.8) is 0 Å². The number of fused-ring (bicyclic) bond motifs is 1. The normalized spacial score (nSPS) is 21.2. The average molecular weight is 245 g/mol. The van der Waals surface area contributed by atoms with E-state index in [0.717, 1.165) is 36.1 Å². The molecule has 1 saturated heterocycles. The number of nitrogen functional groups attached to an aromatic ring is 1. The molecule has 0 spiro atoms. The van der Waals surface area contributed by atoms with Gasteiger partial charge in [0, 0.05) is 13.1 Å². The Morgan fingerprint density at radius 2 is 2.22 bits per heavy atom. The van der Waals surface area contributed by atoms with Gasteiger partial charge in [-0.1, -0.05) is 13.0 Å². The van der Waals surface area contributed by atoms with Crippen LogP contribution in [0.4, 0.5) is 11.7 Å². The van der Waals surface area contributed by atoms with Crippen LogP contribution < -0.4 is 10.6 Å². The summed E-state index contributed by atoms with van der Waals surface area (Å²) in [6, 6.07) is 6.40. The molecule has 1 atom stereocenters. The summed E-state index contributed by atoms with van der Waals surface area (Å²) >= 11 is 0. The Labute approximate surface area is 107 Å². The first-order valence-corrected chi connectivity index (χ1v) is 6.64. The molecular weight excluding hydrogens is 226 g/mol. The van der Waals surface area contributed by atoms with Gasteiger partial charge < -0.3 is 15.1 Å². The van der Waals surface area contributed by atoms with Crippen molar-refractivity contribution >= 4 is 22.8 Å². The zero-order chi connectivity index (χ0) is 12.5. The van der Waals surface area contributed by atoms with Gasteiger partial charge >= 0.3 is 0 Å². The van der Waals surface area contributed by atoms with Gasteiger partial charge in [-0.25, -0.2) is 0 Å².